The second-order valence-electron chi connectivity index (χ2n) is 0.204. The summed E-state index contributed by atoms with van der Waals surface area (Å²) in [5.41, 5.74) is 0. The molecule has 5 heteroatoms. The Morgan fingerprint density at radius 1 is 1.00 bits per heavy atom. The molecule has 0 atom stereocenters. The fraction of sp³-hybridized carbons (Fsp3) is 0. The van der Waals surface area contributed by atoms with Crippen LogP contribution in [0, 0.1) is 0 Å². The fourth-order valence-corrected chi connectivity index (χ4v) is 0. The Hall–Kier alpha value is 0.777. The van der Waals surface area contributed by atoms with Gasteiger partial charge in [-0.3, -0.25) is 0 Å². The van der Waals surface area contributed by atoms with Crippen molar-refractivity contribution in [1.82, 2.24) is 0 Å². The van der Waals surface area contributed by atoms with E-state index in [4.69, 9.17) is 10.2 Å². The van der Waals surface area contributed by atoms with E-state index in [1.165, 1.54) is 0 Å². The van der Waals surface area contributed by atoms with E-state index < -0.39 is 17.2 Å². The van der Waals surface area contributed by atoms with Gasteiger partial charge in [0, 0.05) is 21.1 Å². The maximum atomic E-state index is 8.61. The predicted octanol–water partition coefficient (Wildman–Crippen LogP) is -0.361. The summed E-state index contributed by atoms with van der Waals surface area (Å²) in [6.07, 6.45) is 0. The molecular formula is MoO3W. The zero-order valence-corrected chi connectivity index (χ0v) is 6.98. The first-order valence-corrected chi connectivity index (χ1v) is 4.09. The molecule has 0 N–H and O–H groups in total. The van der Waals surface area contributed by atoms with E-state index in [9.17, 15) is 0 Å². The monoisotopic (exact) mass is 330 g/mol. The van der Waals surface area contributed by atoms with Gasteiger partial charge < -0.3 is 0 Å². The molecule has 0 aromatic carbocycles. The van der Waals surface area contributed by atoms with Gasteiger partial charge in [0.1, 0.15) is 0 Å². The number of hydrogen-bond donors (Lipinski definition) is 0. The van der Waals surface area contributed by atoms with Gasteiger partial charge in [0.25, 0.3) is 0 Å². The molecule has 5 heavy (non-hydrogen) atoms. The molecule has 0 amide bonds. The van der Waals surface area contributed by atoms with E-state index >= 15 is 0 Å². The number of hydrogen-bond acceptors (Lipinski definition) is 3. The molecule has 0 aliphatic heterocycles. The molecule has 0 radical (unpaired) electrons. The summed E-state index contributed by atoms with van der Waals surface area (Å²) in [6.45, 7) is 0. The topological polar surface area (TPSA) is 51.2 Å². The van der Waals surface area contributed by atoms with E-state index in [0.717, 1.165) is 0 Å². The molecule has 0 spiro atoms. The van der Waals surface area contributed by atoms with Crippen molar-refractivity contribution in [3.63, 3.8) is 0 Å². The summed E-state index contributed by atoms with van der Waals surface area (Å²) in [5.74, 6) is 0. The van der Waals surface area contributed by atoms with Crippen molar-refractivity contribution in [3.8, 4) is 0 Å². The zero-order chi connectivity index (χ0) is 3.58. The van der Waals surface area contributed by atoms with Gasteiger partial charge in [0.05, 0.1) is 0 Å². The van der Waals surface area contributed by atoms with Crippen LogP contribution in [-0.4, -0.2) is 0 Å². The van der Waals surface area contributed by atoms with E-state index in [-0.39, 0.29) is 21.1 Å². The van der Waals surface area contributed by atoms with Gasteiger partial charge in [-0.1, -0.05) is 0 Å². The van der Waals surface area contributed by atoms with Gasteiger partial charge in [-0.05, 0) is 0 Å². The Labute approximate surface area is 48.5 Å². The third kappa shape index (κ3) is 61.1. The van der Waals surface area contributed by atoms with Gasteiger partial charge in [0.15, 0.2) is 0 Å². The predicted molar refractivity (Wildman–Crippen MR) is 2.06 cm³/mol. The van der Waals surface area contributed by atoms with Crippen LogP contribution < -0.4 is 0 Å². The van der Waals surface area contributed by atoms with Gasteiger partial charge >= 0.3 is 27.4 Å². The first-order chi connectivity index (χ1) is 1.73. The van der Waals surface area contributed by atoms with E-state index in [0.29, 0.717) is 0 Å². The van der Waals surface area contributed by atoms with Crippen LogP contribution in [-0.2, 0) is 48.5 Å². The van der Waals surface area contributed by atoms with Crippen molar-refractivity contribution in [2.45, 2.75) is 0 Å². The summed E-state index contributed by atoms with van der Waals surface area (Å²) in [7, 11) is 0. The molecule has 0 aromatic heterocycles. The van der Waals surface area contributed by atoms with Crippen molar-refractivity contribution >= 4 is 0 Å². The molecule has 0 saturated carbocycles. The summed E-state index contributed by atoms with van der Waals surface area (Å²) in [5, 5.41) is 0. The third-order valence-corrected chi connectivity index (χ3v) is 0. The summed E-state index contributed by atoms with van der Waals surface area (Å²) >= 11 is -4.28. The molecule has 0 aliphatic rings. The second-order valence-corrected chi connectivity index (χ2v) is 1.67. The Morgan fingerprint density at radius 3 is 1.00 bits per heavy atom. The normalized spacial score (nSPS) is 4.80. The average molecular weight is 328 g/mol. The third-order valence-electron chi connectivity index (χ3n) is 0. The van der Waals surface area contributed by atoms with Crippen molar-refractivity contribution in [2.75, 3.05) is 0 Å². The molecule has 0 saturated heterocycles. The second kappa shape index (κ2) is 4.78. The Bertz CT molecular complexity index is 76.3. The first kappa shape index (κ1) is 9.24. The van der Waals surface area contributed by atoms with Crippen molar-refractivity contribution in [2.24, 2.45) is 0 Å². The van der Waals surface area contributed by atoms with Crippen LogP contribution in [0.25, 0.3) is 0 Å². The molecule has 0 fully saturated rings. The molecule has 0 rings (SSSR count). The van der Waals surface area contributed by atoms with Crippen LogP contribution in [0.4, 0.5) is 0 Å². The molecule has 3 nitrogen and oxygen atoms in total. The quantitative estimate of drug-likeness (QED) is 0.571. The summed E-state index contributed by atoms with van der Waals surface area (Å²) < 4.78 is 25.8. The minimum atomic E-state index is -4.28. The van der Waals surface area contributed by atoms with E-state index in [1.807, 2.05) is 0 Å². The Balaban J connectivity index is 0. The van der Waals surface area contributed by atoms with E-state index in [1.54, 1.807) is 0 Å². The van der Waals surface area contributed by atoms with Crippen LogP contribution in [0.3, 0.4) is 0 Å². The first-order valence-electron chi connectivity index (χ1n) is 0.500. The summed E-state index contributed by atoms with van der Waals surface area (Å²) in [4.78, 5) is 0. The van der Waals surface area contributed by atoms with Crippen LogP contribution in [0.2, 0.25) is 0 Å². The van der Waals surface area contributed by atoms with Crippen LogP contribution in [0.1, 0.15) is 0 Å². The molecule has 0 aliphatic carbocycles. The van der Waals surface area contributed by atoms with Crippen LogP contribution >= 0.6 is 0 Å². The molecule has 0 bridgehead atoms. The number of rotatable bonds is 0. The van der Waals surface area contributed by atoms with E-state index in [2.05, 4.69) is 0 Å². The molecule has 30 valence electrons. The standard InChI is InChI=1S/Mo.3O.W. The van der Waals surface area contributed by atoms with Crippen LogP contribution in [0.15, 0.2) is 0 Å². The molecular weight excluding hydrogens is 328 g/mol. The Morgan fingerprint density at radius 2 is 1.00 bits per heavy atom. The SMILES string of the molecule is [Mo].[O]=[W](=[O])=[O]. The fourth-order valence-electron chi connectivity index (χ4n) is 0. The Kier molecular flexibility index (Phi) is 8.83. The van der Waals surface area contributed by atoms with Gasteiger partial charge in [-0.15, -0.1) is 0 Å². The van der Waals surface area contributed by atoms with Gasteiger partial charge in [-0.25, -0.2) is 0 Å². The van der Waals surface area contributed by atoms with Crippen LogP contribution in [0.5, 0.6) is 0 Å². The molecule has 0 unspecified atom stereocenters. The van der Waals surface area contributed by atoms with Crippen molar-refractivity contribution < 1.29 is 48.5 Å². The van der Waals surface area contributed by atoms with Gasteiger partial charge in [0.2, 0.25) is 0 Å². The van der Waals surface area contributed by atoms with Crippen molar-refractivity contribution in [1.29, 1.82) is 0 Å². The van der Waals surface area contributed by atoms with Gasteiger partial charge in [-0.2, -0.15) is 0 Å². The maximum absolute atomic E-state index is 8.61. The average Bonchev–Trinajstić information content (AvgIpc) is 0.811. The summed E-state index contributed by atoms with van der Waals surface area (Å²) in [6, 6.07) is 0. The molecule has 0 heterocycles. The zero-order valence-electron chi connectivity index (χ0n) is 2.04. The minimum absolute atomic E-state index is 0. The molecule has 0 aromatic rings. The van der Waals surface area contributed by atoms with Crippen molar-refractivity contribution in [3.05, 3.63) is 0 Å².